The summed E-state index contributed by atoms with van der Waals surface area (Å²) >= 11 is 0. The highest BCUT2D eigenvalue weighted by atomic mass is 15.3. The van der Waals surface area contributed by atoms with Gasteiger partial charge in [-0.2, -0.15) is 10.5 Å². The molecule has 0 radical (unpaired) electrons. The number of nitrogens with zero attached hydrogens (tertiary/aromatic N) is 4. The van der Waals surface area contributed by atoms with Crippen LogP contribution in [-0.4, -0.2) is 49.1 Å². The van der Waals surface area contributed by atoms with Crippen molar-refractivity contribution in [1.82, 2.24) is 9.80 Å². The van der Waals surface area contributed by atoms with Crippen molar-refractivity contribution in [2.24, 2.45) is 0 Å². The summed E-state index contributed by atoms with van der Waals surface area (Å²) in [6.45, 7) is 5.30. The number of piperazine rings is 1. The fourth-order valence-corrected chi connectivity index (χ4v) is 1.48. The van der Waals surface area contributed by atoms with Gasteiger partial charge in [0.2, 0.25) is 0 Å². The summed E-state index contributed by atoms with van der Waals surface area (Å²) in [4.78, 5) is 4.42. The molecule has 1 saturated heterocycles. The van der Waals surface area contributed by atoms with E-state index in [0.29, 0.717) is 13.0 Å². The van der Waals surface area contributed by atoms with Gasteiger partial charge in [0.1, 0.15) is 0 Å². The van der Waals surface area contributed by atoms with Gasteiger partial charge in [0.25, 0.3) is 0 Å². The summed E-state index contributed by atoms with van der Waals surface area (Å²) in [5.41, 5.74) is 0. The fourth-order valence-electron chi connectivity index (χ4n) is 1.48. The van der Waals surface area contributed by atoms with Gasteiger partial charge in [0.05, 0.1) is 18.7 Å². The van der Waals surface area contributed by atoms with Crippen LogP contribution in [0.1, 0.15) is 6.42 Å². The predicted molar refractivity (Wildman–Crippen MR) is 48.7 cm³/mol. The molecule has 1 rings (SSSR count). The molecule has 0 aromatic carbocycles. The maximum absolute atomic E-state index is 8.48. The lowest BCUT2D eigenvalue weighted by Crippen LogP contribution is -2.46. The van der Waals surface area contributed by atoms with E-state index < -0.39 is 0 Å². The van der Waals surface area contributed by atoms with Gasteiger partial charge < -0.3 is 0 Å². The summed E-state index contributed by atoms with van der Waals surface area (Å²) < 4.78 is 0. The van der Waals surface area contributed by atoms with Gasteiger partial charge >= 0.3 is 0 Å². The molecule has 4 heteroatoms. The van der Waals surface area contributed by atoms with Crippen LogP contribution in [0.4, 0.5) is 0 Å². The molecule has 0 aromatic heterocycles. The van der Waals surface area contributed by atoms with Crippen LogP contribution in [0.3, 0.4) is 0 Å². The largest absolute Gasteiger partial charge is 0.300 e. The highest BCUT2D eigenvalue weighted by Crippen LogP contribution is 2.01. The molecule has 4 nitrogen and oxygen atoms in total. The Morgan fingerprint density at radius 3 is 2.08 bits per heavy atom. The van der Waals surface area contributed by atoms with Crippen LogP contribution in [0, 0.1) is 22.7 Å². The Labute approximate surface area is 79.0 Å². The van der Waals surface area contributed by atoms with Crippen LogP contribution >= 0.6 is 0 Å². The first-order valence-corrected chi connectivity index (χ1v) is 4.55. The van der Waals surface area contributed by atoms with Crippen LogP contribution in [-0.2, 0) is 0 Å². The van der Waals surface area contributed by atoms with E-state index in [4.69, 9.17) is 10.5 Å². The van der Waals surface area contributed by atoms with Crippen molar-refractivity contribution in [3.63, 3.8) is 0 Å². The van der Waals surface area contributed by atoms with E-state index in [9.17, 15) is 0 Å². The zero-order valence-electron chi connectivity index (χ0n) is 7.74. The third-order valence-electron chi connectivity index (χ3n) is 2.30. The maximum atomic E-state index is 8.48. The summed E-state index contributed by atoms with van der Waals surface area (Å²) in [6.07, 6.45) is 0.609. The smallest absolute Gasteiger partial charge is 0.0866 e. The molecule has 1 heterocycles. The minimum absolute atomic E-state index is 0.534. The highest BCUT2D eigenvalue weighted by molar-refractivity contribution is 4.82. The first kappa shape index (κ1) is 9.98. The molecule has 0 amide bonds. The molecule has 13 heavy (non-hydrogen) atoms. The van der Waals surface area contributed by atoms with E-state index in [1.807, 2.05) is 0 Å². The van der Waals surface area contributed by atoms with Crippen LogP contribution in [0.15, 0.2) is 0 Å². The van der Waals surface area contributed by atoms with Crippen molar-refractivity contribution in [3.05, 3.63) is 0 Å². The minimum Gasteiger partial charge on any atom is -0.300 e. The second-order valence-corrected chi connectivity index (χ2v) is 3.18. The summed E-state index contributed by atoms with van der Waals surface area (Å²) in [7, 11) is 0. The molecule has 0 aliphatic carbocycles. The van der Waals surface area contributed by atoms with Crippen LogP contribution in [0.25, 0.3) is 0 Å². The Balaban J connectivity index is 2.16. The second kappa shape index (κ2) is 5.53. The van der Waals surface area contributed by atoms with Gasteiger partial charge in [-0.25, -0.2) is 0 Å². The molecule has 0 N–H and O–H groups in total. The van der Waals surface area contributed by atoms with E-state index in [2.05, 4.69) is 21.9 Å². The second-order valence-electron chi connectivity index (χ2n) is 3.18. The minimum atomic E-state index is 0.534. The standard InChI is InChI=1S/C9H14N4/c10-2-1-4-12-6-8-13(5-3-11)9-7-12/h1,4-9H2. The monoisotopic (exact) mass is 178 g/mol. The van der Waals surface area contributed by atoms with Gasteiger partial charge in [-0.3, -0.25) is 9.80 Å². The van der Waals surface area contributed by atoms with Gasteiger partial charge in [0.15, 0.2) is 0 Å². The number of hydrogen-bond acceptors (Lipinski definition) is 4. The molecule has 0 unspecified atom stereocenters. The molecular weight excluding hydrogens is 164 g/mol. The zero-order valence-corrected chi connectivity index (χ0v) is 7.74. The Bertz CT molecular complexity index is 217. The Morgan fingerprint density at radius 2 is 1.54 bits per heavy atom. The molecule has 1 aliphatic heterocycles. The summed E-state index contributed by atoms with van der Waals surface area (Å²) in [6, 6.07) is 4.29. The number of hydrogen-bond donors (Lipinski definition) is 0. The lowest BCUT2D eigenvalue weighted by atomic mass is 10.3. The predicted octanol–water partition coefficient (Wildman–Crippen LogP) is 0.0413. The quantitative estimate of drug-likeness (QED) is 0.573. The molecule has 0 spiro atoms. The topological polar surface area (TPSA) is 54.1 Å². The van der Waals surface area contributed by atoms with Crippen molar-refractivity contribution in [3.8, 4) is 12.1 Å². The van der Waals surface area contributed by atoms with Crippen LogP contribution in [0.5, 0.6) is 0 Å². The highest BCUT2D eigenvalue weighted by Gasteiger charge is 2.15. The summed E-state index contributed by atoms with van der Waals surface area (Å²) in [5.74, 6) is 0. The molecule has 0 saturated carbocycles. The lowest BCUT2D eigenvalue weighted by molar-refractivity contribution is 0.146. The molecular formula is C9H14N4. The molecule has 0 bridgehead atoms. The molecule has 70 valence electrons. The summed E-state index contributed by atoms with van der Waals surface area (Å²) in [5, 5.41) is 16.9. The van der Waals surface area contributed by atoms with Crippen molar-refractivity contribution >= 4 is 0 Å². The van der Waals surface area contributed by atoms with Gasteiger partial charge in [-0.05, 0) is 0 Å². The zero-order chi connectivity index (χ0) is 9.52. The van der Waals surface area contributed by atoms with Gasteiger partial charge in [-0.15, -0.1) is 0 Å². The third kappa shape index (κ3) is 3.42. The van der Waals surface area contributed by atoms with E-state index in [0.717, 1.165) is 32.7 Å². The fraction of sp³-hybridized carbons (Fsp3) is 0.778. The average Bonchev–Trinajstić information content (AvgIpc) is 2.17. The van der Waals surface area contributed by atoms with E-state index in [-0.39, 0.29) is 0 Å². The first-order valence-electron chi connectivity index (χ1n) is 4.55. The lowest BCUT2D eigenvalue weighted by Gasteiger charge is -2.32. The molecule has 0 atom stereocenters. The normalized spacial score (nSPS) is 19.2. The first-order chi connectivity index (χ1) is 6.36. The van der Waals surface area contributed by atoms with Crippen molar-refractivity contribution in [2.45, 2.75) is 6.42 Å². The van der Waals surface area contributed by atoms with Crippen molar-refractivity contribution in [1.29, 1.82) is 10.5 Å². The van der Waals surface area contributed by atoms with E-state index in [1.165, 1.54) is 0 Å². The molecule has 0 aromatic rings. The van der Waals surface area contributed by atoms with Crippen molar-refractivity contribution in [2.75, 3.05) is 39.3 Å². The molecule has 1 fully saturated rings. The maximum Gasteiger partial charge on any atom is 0.0866 e. The Morgan fingerprint density at radius 1 is 0.923 bits per heavy atom. The van der Waals surface area contributed by atoms with Crippen molar-refractivity contribution < 1.29 is 0 Å². The van der Waals surface area contributed by atoms with Gasteiger partial charge in [-0.1, -0.05) is 0 Å². The van der Waals surface area contributed by atoms with E-state index >= 15 is 0 Å². The Kier molecular flexibility index (Phi) is 4.25. The van der Waals surface area contributed by atoms with Gasteiger partial charge in [0, 0.05) is 39.1 Å². The van der Waals surface area contributed by atoms with Crippen LogP contribution < -0.4 is 0 Å². The average molecular weight is 178 g/mol. The van der Waals surface area contributed by atoms with E-state index in [1.54, 1.807) is 0 Å². The number of rotatable bonds is 3. The Hall–Kier alpha value is -1.10. The number of nitriles is 2. The van der Waals surface area contributed by atoms with Crippen LogP contribution in [0.2, 0.25) is 0 Å². The third-order valence-corrected chi connectivity index (χ3v) is 2.30. The SMILES string of the molecule is N#CCCN1CCN(CC#N)CC1. The molecule has 1 aliphatic rings.